The Labute approximate surface area is 156 Å². The zero-order valence-corrected chi connectivity index (χ0v) is 16.2. The molecule has 0 unspecified atom stereocenters. The van der Waals surface area contributed by atoms with Gasteiger partial charge >= 0.3 is 5.97 Å². The molecule has 0 saturated heterocycles. The molecule has 0 saturated carbocycles. The molecule has 0 atom stereocenters. The van der Waals surface area contributed by atoms with E-state index in [1.54, 1.807) is 0 Å². The fourth-order valence-electron chi connectivity index (χ4n) is 1.81. The average Bonchev–Trinajstić information content (AvgIpc) is 2.66. The lowest BCUT2D eigenvalue weighted by Gasteiger charge is -2.20. The van der Waals surface area contributed by atoms with Crippen LogP contribution in [0.15, 0.2) is 30.3 Å². The first-order valence-corrected chi connectivity index (χ1v) is 9.14. The number of benzene rings is 1. The van der Waals surface area contributed by atoms with Crippen LogP contribution in [0.5, 0.6) is 5.75 Å². The summed E-state index contributed by atoms with van der Waals surface area (Å²) in [5.74, 6) is 0.654. The molecule has 0 aliphatic rings. The number of rotatable bonds is 15. The quantitative estimate of drug-likeness (QED) is 0.350. The first-order valence-electron chi connectivity index (χ1n) is 9.14. The van der Waals surface area contributed by atoms with Gasteiger partial charge in [-0.3, -0.25) is 4.79 Å². The number of carbonyl (C=O) groups is 1. The molecule has 1 aromatic rings. The number of carbonyl (C=O) groups excluding carboxylic acids is 1. The van der Waals surface area contributed by atoms with E-state index in [1.807, 2.05) is 51.1 Å². The van der Waals surface area contributed by atoms with E-state index in [2.05, 4.69) is 0 Å². The van der Waals surface area contributed by atoms with Gasteiger partial charge in [0.1, 0.15) is 19.0 Å². The summed E-state index contributed by atoms with van der Waals surface area (Å²) in [7, 11) is 0. The zero-order chi connectivity index (χ0) is 19.1. The number of esters is 1. The molecule has 0 radical (unpaired) electrons. The maximum atomic E-state index is 11.7. The van der Waals surface area contributed by atoms with Gasteiger partial charge in [-0.15, -0.1) is 0 Å². The van der Waals surface area contributed by atoms with Crippen LogP contribution in [-0.4, -0.2) is 58.8 Å². The maximum Gasteiger partial charge on any atom is 0.311 e. The van der Waals surface area contributed by atoms with Crippen LogP contribution in [0.3, 0.4) is 0 Å². The summed E-state index contributed by atoms with van der Waals surface area (Å²) in [6, 6.07) is 9.64. The number of hydrogen-bond acceptors (Lipinski definition) is 6. The van der Waals surface area contributed by atoms with E-state index in [0.29, 0.717) is 46.2 Å². The van der Waals surface area contributed by atoms with Crippen LogP contribution < -0.4 is 4.74 Å². The molecule has 0 fully saturated rings. The second kappa shape index (κ2) is 13.6. The third kappa shape index (κ3) is 10.4. The first-order chi connectivity index (χ1) is 12.6. The van der Waals surface area contributed by atoms with Crippen LogP contribution in [-0.2, 0) is 23.7 Å². The summed E-state index contributed by atoms with van der Waals surface area (Å²) in [4.78, 5) is 11.7. The van der Waals surface area contributed by atoms with Gasteiger partial charge in [0.25, 0.3) is 0 Å². The van der Waals surface area contributed by atoms with E-state index in [1.165, 1.54) is 0 Å². The number of ether oxygens (including phenoxy) is 5. The Bertz CT molecular complexity index is 474. The highest BCUT2D eigenvalue weighted by molar-refractivity contribution is 5.75. The van der Waals surface area contributed by atoms with Crippen molar-refractivity contribution in [3.05, 3.63) is 30.3 Å². The molecule has 148 valence electrons. The molecular weight excluding hydrogens is 336 g/mol. The minimum absolute atomic E-state index is 0.187. The highest BCUT2D eigenvalue weighted by atomic mass is 16.6. The summed E-state index contributed by atoms with van der Waals surface area (Å²) in [6.07, 6.45) is 0.751. The van der Waals surface area contributed by atoms with E-state index in [4.69, 9.17) is 23.7 Å². The van der Waals surface area contributed by atoms with Gasteiger partial charge in [-0.25, -0.2) is 0 Å². The molecule has 0 aromatic heterocycles. The van der Waals surface area contributed by atoms with Crippen molar-refractivity contribution in [2.24, 2.45) is 5.41 Å². The van der Waals surface area contributed by atoms with Gasteiger partial charge in [-0.1, -0.05) is 25.1 Å². The summed E-state index contributed by atoms with van der Waals surface area (Å²) >= 11 is 0. The third-order valence-electron chi connectivity index (χ3n) is 3.88. The second-order valence-corrected chi connectivity index (χ2v) is 6.37. The third-order valence-corrected chi connectivity index (χ3v) is 3.88. The molecule has 1 aromatic carbocycles. The maximum absolute atomic E-state index is 11.7. The molecule has 0 spiro atoms. The molecule has 0 bridgehead atoms. The lowest BCUT2D eigenvalue weighted by molar-refractivity contribution is -0.155. The van der Waals surface area contributed by atoms with Gasteiger partial charge in [0.2, 0.25) is 0 Å². The van der Waals surface area contributed by atoms with Crippen LogP contribution in [0.25, 0.3) is 0 Å². The van der Waals surface area contributed by atoms with E-state index >= 15 is 0 Å². The molecule has 0 N–H and O–H groups in total. The molecule has 1 rings (SSSR count). The predicted octanol–water partition coefficient (Wildman–Crippen LogP) is 3.09. The van der Waals surface area contributed by atoms with Crippen LogP contribution in [0.1, 0.15) is 27.2 Å². The highest BCUT2D eigenvalue weighted by Gasteiger charge is 2.26. The van der Waals surface area contributed by atoms with Crippen molar-refractivity contribution in [2.75, 3.05) is 52.9 Å². The van der Waals surface area contributed by atoms with Gasteiger partial charge in [-0.05, 0) is 32.4 Å². The summed E-state index contributed by atoms with van der Waals surface area (Å²) in [5.41, 5.74) is -0.435. The van der Waals surface area contributed by atoms with Crippen LogP contribution in [0, 0.1) is 5.41 Å². The Morgan fingerprint density at radius 3 is 1.85 bits per heavy atom. The predicted molar refractivity (Wildman–Crippen MR) is 99.4 cm³/mol. The minimum atomic E-state index is -0.435. The van der Waals surface area contributed by atoms with Crippen LogP contribution >= 0.6 is 0 Å². The topological polar surface area (TPSA) is 63.2 Å². The Morgan fingerprint density at radius 2 is 1.31 bits per heavy atom. The Morgan fingerprint density at radius 1 is 0.808 bits per heavy atom. The van der Waals surface area contributed by atoms with E-state index in [0.717, 1.165) is 12.2 Å². The molecular formula is C20H32O6. The SMILES string of the molecule is CCC(C)(C)C(=O)OCCOCCOCCOCCOc1ccccc1. The van der Waals surface area contributed by atoms with E-state index in [9.17, 15) is 4.79 Å². The molecule has 6 nitrogen and oxygen atoms in total. The van der Waals surface area contributed by atoms with Crippen molar-refractivity contribution in [1.82, 2.24) is 0 Å². The lowest BCUT2D eigenvalue weighted by Crippen LogP contribution is -2.27. The van der Waals surface area contributed by atoms with Crippen LogP contribution in [0.2, 0.25) is 0 Å². The normalized spacial score (nSPS) is 11.3. The molecule has 26 heavy (non-hydrogen) atoms. The van der Waals surface area contributed by atoms with Gasteiger partial charge in [0.15, 0.2) is 0 Å². The fourth-order valence-corrected chi connectivity index (χ4v) is 1.81. The van der Waals surface area contributed by atoms with Crippen molar-refractivity contribution in [2.45, 2.75) is 27.2 Å². The smallest absolute Gasteiger partial charge is 0.311 e. The second-order valence-electron chi connectivity index (χ2n) is 6.37. The molecule has 0 heterocycles. The van der Waals surface area contributed by atoms with Crippen LogP contribution in [0.4, 0.5) is 0 Å². The average molecular weight is 368 g/mol. The Hall–Kier alpha value is -1.63. The molecule has 0 aliphatic carbocycles. The first kappa shape index (κ1) is 22.4. The number of para-hydroxylation sites is 1. The monoisotopic (exact) mass is 368 g/mol. The molecule has 6 heteroatoms. The van der Waals surface area contributed by atoms with Gasteiger partial charge in [0, 0.05) is 0 Å². The standard InChI is InChI=1S/C20H32O6/c1-4-20(2,3)19(21)26-17-15-24-13-11-22-10-12-23-14-16-25-18-8-6-5-7-9-18/h5-9H,4,10-17H2,1-3H3. The lowest BCUT2D eigenvalue weighted by atomic mass is 9.91. The van der Waals surface area contributed by atoms with E-state index < -0.39 is 5.41 Å². The summed E-state index contributed by atoms with van der Waals surface area (Å²) in [5, 5.41) is 0. The zero-order valence-electron chi connectivity index (χ0n) is 16.2. The Balaban J connectivity index is 1.82. The van der Waals surface area contributed by atoms with Crippen molar-refractivity contribution in [3.63, 3.8) is 0 Å². The largest absolute Gasteiger partial charge is 0.491 e. The van der Waals surface area contributed by atoms with Gasteiger partial charge in [0.05, 0.1) is 45.1 Å². The van der Waals surface area contributed by atoms with Crippen molar-refractivity contribution >= 4 is 5.97 Å². The van der Waals surface area contributed by atoms with Gasteiger partial charge < -0.3 is 23.7 Å². The summed E-state index contributed by atoms with van der Waals surface area (Å²) in [6.45, 7) is 9.37. The van der Waals surface area contributed by atoms with Gasteiger partial charge in [-0.2, -0.15) is 0 Å². The number of hydrogen-bond donors (Lipinski definition) is 0. The van der Waals surface area contributed by atoms with E-state index in [-0.39, 0.29) is 12.6 Å². The Kier molecular flexibility index (Phi) is 11.7. The van der Waals surface area contributed by atoms with Crippen molar-refractivity contribution in [1.29, 1.82) is 0 Å². The van der Waals surface area contributed by atoms with Crippen molar-refractivity contribution in [3.8, 4) is 5.75 Å². The molecule has 0 aliphatic heterocycles. The molecule has 0 amide bonds. The van der Waals surface area contributed by atoms with Crippen molar-refractivity contribution < 1.29 is 28.5 Å². The minimum Gasteiger partial charge on any atom is -0.491 e. The summed E-state index contributed by atoms with van der Waals surface area (Å²) < 4.78 is 26.9. The fraction of sp³-hybridized carbons (Fsp3) is 0.650. The highest BCUT2D eigenvalue weighted by Crippen LogP contribution is 2.21.